The Morgan fingerprint density at radius 1 is 1.17 bits per heavy atom. The van der Waals surface area contributed by atoms with Crippen LogP contribution in [0.25, 0.3) is 0 Å². The van der Waals surface area contributed by atoms with Crippen LogP contribution in [0.5, 0.6) is 5.75 Å². The predicted molar refractivity (Wildman–Crippen MR) is 76.4 cm³/mol. The summed E-state index contributed by atoms with van der Waals surface area (Å²) in [5.41, 5.74) is 4.05. The zero-order chi connectivity index (χ0) is 13.2. The molecule has 0 aliphatic rings. The Hall–Kier alpha value is -1.06. The van der Waals surface area contributed by atoms with Crippen molar-refractivity contribution in [1.29, 1.82) is 0 Å². The number of rotatable bonds is 9. The molecule has 0 radical (unpaired) electrons. The van der Waals surface area contributed by atoms with Crippen molar-refractivity contribution in [3.8, 4) is 5.75 Å². The number of para-hydroxylation sites is 1. The van der Waals surface area contributed by atoms with Gasteiger partial charge in [0.15, 0.2) is 0 Å². The molecule has 1 atom stereocenters. The number of unbranched alkanes of at least 4 members (excludes halogenated alkanes) is 4. The fraction of sp³-hybridized carbons (Fsp3) is 0.600. The van der Waals surface area contributed by atoms with E-state index in [2.05, 4.69) is 18.4 Å². The number of hydrogen-bond acceptors (Lipinski definition) is 3. The topological polar surface area (TPSA) is 47.3 Å². The summed E-state index contributed by atoms with van der Waals surface area (Å²) in [6.45, 7) is 2.24. The quantitative estimate of drug-likeness (QED) is 0.400. The largest absolute Gasteiger partial charge is 0.496 e. The van der Waals surface area contributed by atoms with Gasteiger partial charge in [-0.15, -0.1) is 0 Å². The van der Waals surface area contributed by atoms with E-state index >= 15 is 0 Å². The summed E-state index contributed by atoms with van der Waals surface area (Å²) in [5, 5.41) is 0. The first-order valence-electron chi connectivity index (χ1n) is 6.92. The van der Waals surface area contributed by atoms with Gasteiger partial charge < -0.3 is 4.74 Å². The van der Waals surface area contributed by atoms with Crippen molar-refractivity contribution in [3.05, 3.63) is 29.8 Å². The monoisotopic (exact) mass is 250 g/mol. The molecule has 0 fully saturated rings. The molecule has 0 amide bonds. The fourth-order valence-electron chi connectivity index (χ4n) is 2.23. The smallest absolute Gasteiger partial charge is 0.123 e. The Labute approximate surface area is 111 Å². The van der Waals surface area contributed by atoms with E-state index in [1.807, 2.05) is 18.2 Å². The molecule has 0 bridgehead atoms. The normalized spacial score (nSPS) is 12.4. The minimum atomic E-state index is 0.183. The first-order valence-corrected chi connectivity index (χ1v) is 6.92. The van der Waals surface area contributed by atoms with Crippen molar-refractivity contribution < 1.29 is 4.74 Å². The van der Waals surface area contributed by atoms with Crippen LogP contribution in [0.1, 0.15) is 57.1 Å². The molecule has 0 saturated carbocycles. The summed E-state index contributed by atoms with van der Waals surface area (Å²) < 4.78 is 5.38. The lowest BCUT2D eigenvalue weighted by Gasteiger charge is -2.18. The van der Waals surface area contributed by atoms with Crippen molar-refractivity contribution >= 4 is 0 Å². The van der Waals surface area contributed by atoms with Gasteiger partial charge in [0.1, 0.15) is 5.75 Å². The number of ether oxygens (including phenoxy) is 1. The molecular formula is C15H26N2O. The highest BCUT2D eigenvalue weighted by molar-refractivity contribution is 5.35. The van der Waals surface area contributed by atoms with Crippen molar-refractivity contribution in [2.24, 2.45) is 5.84 Å². The van der Waals surface area contributed by atoms with Crippen molar-refractivity contribution in [3.63, 3.8) is 0 Å². The van der Waals surface area contributed by atoms with E-state index in [4.69, 9.17) is 10.6 Å². The molecule has 1 aromatic rings. The number of hydrogen-bond donors (Lipinski definition) is 2. The molecule has 1 rings (SSSR count). The van der Waals surface area contributed by atoms with Crippen LogP contribution in [0, 0.1) is 0 Å². The van der Waals surface area contributed by atoms with Crippen molar-refractivity contribution in [2.75, 3.05) is 7.11 Å². The van der Waals surface area contributed by atoms with E-state index in [-0.39, 0.29) is 6.04 Å². The molecular weight excluding hydrogens is 224 g/mol. The summed E-state index contributed by atoms with van der Waals surface area (Å²) in [7, 11) is 1.70. The van der Waals surface area contributed by atoms with Gasteiger partial charge in [-0.25, -0.2) is 0 Å². The van der Waals surface area contributed by atoms with Gasteiger partial charge in [-0.05, 0) is 12.5 Å². The van der Waals surface area contributed by atoms with E-state index in [0.29, 0.717) is 0 Å². The molecule has 0 aliphatic carbocycles. The Morgan fingerprint density at radius 2 is 1.89 bits per heavy atom. The minimum Gasteiger partial charge on any atom is -0.496 e. The molecule has 1 unspecified atom stereocenters. The first-order chi connectivity index (χ1) is 8.83. The third-order valence-corrected chi connectivity index (χ3v) is 3.31. The number of methoxy groups -OCH3 is 1. The van der Waals surface area contributed by atoms with Crippen LogP contribution in [0.15, 0.2) is 24.3 Å². The highest BCUT2D eigenvalue weighted by Crippen LogP contribution is 2.27. The van der Waals surface area contributed by atoms with Crippen LogP contribution >= 0.6 is 0 Å². The third-order valence-electron chi connectivity index (χ3n) is 3.31. The number of hydrazine groups is 1. The van der Waals surface area contributed by atoms with Gasteiger partial charge in [0.05, 0.1) is 7.11 Å². The molecule has 0 heterocycles. The summed E-state index contributed by atoms with van der Waals surface area (Å²) in [6, 6.07) is 8.26. The molecule has 0 aromatic heterocycles. The Kier molecular flexibility index (Phi) is 7.46. The Morgan fingerprint density at radius 3 is 2.56 bits per heavy atom. The molecule has 102 valence electrons. The second-order valence-electron chi connectivity index (χ2n) is 4.66. The molecule has 0 spiro atoms. The van der Waals surface area contributed by atoms with Crippen LogP contribution in [-0.4, -0.2) is 7.11 Å². The summed E-state index contributed by atoms with van der Waals surface area (Å²) >= 11 is 0. The minimum absolute atomic E-state index is 0.183. The lowest BCUT2D eigenvalue weighted by Crippen LogP contribution is -2.28. The van der Waals surface area contributed by atoms with E-state index in [1.54, 1.807) is 7.11 Å². The molecule has 0 aliphatic heterocycles. The number of benzene rings is 1. The zero-order valence-corrected chi connectivity index (χ0v) is 11.6. The highest BCUT2D eigenvalue weighted by atomic mass is 16.5. The zero-order valence-electron chi connectivity index (χ0n) is 11.6. The molecule has 1 aromatic carbocycles. The van der Waals surface area contributed by atoms with Crippen molar-refractivity contribution in [1.82, 2.24) is 5.43 Å². The molecule has 0 saturated heterocycles. The standard InChI is InChI=1S/C15H26N2O/c1-3-4-5-6-7-11-14(17-16)13-10-8-9-12-15(13)18-2/h8-10,12,14,17H,3-7,11,16H2,1-2H3. The van der Waals surface area contributed by atoms with Crippen LogP contribution in [0.4, 0.5) is 0 Å². The van der Waals surface area contributed by atoms with Crippen LogP contribution in [0.3, 0.4) is 0 Å². The second-order valence-corrected chi connectivity index (χ2v) is 4.66. The average Bonchev–Trinajstić information content (AvgIpc) is 2.43. The second kappa shape index (κ2) is 8.95. The molecule has 3 N–H and O–H groups in total. The Bertz CT molecular complexity index is 328. The maximum atomic E-state index is 5.66. The average molecular weight is 250 g/mol. The summed E-state index contributed by atoms with van der Waals surface area (Å²) in [6.07, 6.45) is 7.47. The molecule has 3 heteroatoms. The Balaban J connectivity index is 2.49. The van der Waals surface area contributed by atoms with E-state index < -0.39 is 0 Å². The van der Waals surface area contributed by atoms with Crippen LogP contribution in [0.2, 0.25) is 0 Å². The van der Waals surface area contributed by atoms with E-state index in [0.717, 1.165) is 17.7 Å². The predicted octanol–water partition coefficient (Wildman–Crippen LogP) is 3.56. The van der Waals surface area contributed by atoms with Gasteiger partial charge in [-0.2, -0.15) is 0 Å². The van der Waals surface area contributed by atoms with E-state index in [9.17, 15) is 0 Å². The molecule has 18 heavy (non-hydrogen) atoms. The van der Waals surface area contributed by atoms with Crippen LogP contribution in [-0.2, 0) is 0 Å². The summed E-state index contributed by atoms with van der Waals surface area (Å²) in [4.78, 5) is 0. The van der Waals surface area contributed by atoms with Gasteiger partial charge in [0, 0.05) is 11.6 Å². The van der Waals surface area contributed by atoms with Crippen LogP contribution < -0.4 is 16.0 Å². The first kappa shape index (κ1) is 15.0. The van der Waals surface area contributed by atoms with Crippen molar-refractivity contribution in [2.45, 2.75) is 51.5 Å². The van der Waals surface area contributed by atoms with Gasteiger partial charge >= 0.3 is 0 Å². The van der Waals surface area contributed by atoms with Gasteiger partial charge in [-0.1, -0.05) is 57.2 Å². The van der Waals surface area contributed by atoms with Gasteiger partial charge in [0.25, 0.3) is 0 Å². The van der Waals surface area contributed by atoms with Gasteiger partial charge in [0.2, 0.25) is 0 Å². The maximum absolute atomic E-state index is 5.66. The lowest BCUT2D eigenvalue weighted by molar-refractivity contribution is 0.392. The third kappa shape index (κ3) is 4.67. The maximum Gasteiger partial charge on any atom is 0.123 e. The molecule has 3 nitrogen and oxygen atoms in total. The summed E-state index contributed by atoms with van der Waals surface area (Å²) in [5.74, 6) is 6.57. The highest BCUT2D eigenvalue weighted by Gasteiger charge is 2.13. The SMILES string of the molecule is CCCCCCCC(NN)c1ccccc1OC. The lowest BCUT2D eigenvalue weighted by atomic mass is 9.99. The number of nitrogens with two attached hydrogens (primary N) is 1. The number of nitrogens with one attached hydrogen (secondary N) is 1. The fourth-order valence-corrected chi connectivity index (χ4v) is 2.23. The van der Waals surface area contributed by atoms with Gasteiger partial charge in [-0.3, -0.25) is 11.3 Å². The van der Waals surface area contributed by atoms with E-state index in [1.165, 1.54) is 32.1 Å².